The number of hydrogen-bond donors (Lipinski definition) is 1. The zero-order chi connectivity index (χ0) is 20.3. The van der Waals surface area contributed by atoms with Crippen LogP contribution in [0.1, 0.15) is 51.3 Å². The van der Waals surface area contributed by atoms with Crippen molar-refractivity contribution in [3.8, 4) is 0 Å². The maximum atomic E-state index is 12.3. The van der Waals surface area contributed by atoms with Crippen LogP contribution in [0.5, 0.6) is 0 Å². The summed E-state index contributed by atoms with van der Waals surface area (Å²) in [5.41, 5.74) is 1.21. The lowest BCUT2D eigenvalue weighted by molar-refractivity contribution is -0.380. The van der Waals surface area contributed by atoms with Gasteiger partial charge in [0, 0.05) is 6.07 Å². The molecular formula is C17H16N2O7S2. The molecule has 0 unspecified atom stereocenters. The van der Waals surface area contributed by atoms with Gasteiger partial charge in [0.05, 0.1) is 17.1 Å². The van der Waals surface area contributed by atoms with Crippen LogP contribution in [0.25, 0.3) is 0 Å². The van der Waals surface area contributed by atoms with E-state index in [-0.39, 0.29) is 16.5 Å². The molecule has 1 aliphatic rings. The third kappa shape index (κ3) is 4.54. The van der Waals surface area contributed by atoms with E-state index in [1.54, 1.807) is 6.92 Å². The first-order valence-electron chi connectivity index (χ1n) is 8.40. The van der Waals surface area contributed by atoms with Crippen molar-refractivity contribution in [2.45, 2.75) is 25.7 Å². The predicted molar refractivity (Wildman–Crippen MR) is 102 cm³/mol. The van der Waals surface area contributed by atoms with Gasteiger partial charge in [0.15, 0.2) is 6.61 Å². The number of ether oxygens (including phenoxy) is 2. The summed E-state index contributed by atoms with van der Waals surface area (Å²) in [6, 6.07) is 2.46. The lowest BCUT2D eigenvalue weighted by atomic mass is 10.1. The fourth-order valence-electron chi connectivity index (χ4n) is 2.47. The van der Waals surface area contributed by atoms with Crippen molar-refractivity contribution >= 4 is 50.5 Å². The largest absolute Gasteiger partial charge is 0.462 e. The van der Waals surface area contributed by atoms with Gasteiger partial charge >= 0.3 is 16.9 Å². The van der Waals surface area contributed by atoms with Gasteiger partial charge in [-0.15, -0.1) is 11.3 Å². The van der Waals surface area contributed by atoms with Gasteiger partial charge in [-0.3, -0.25) is 14.9 Å². The number of esters is 2. The Balaban J connectivity index is 1.62. The first-order valence-corrected chi connectivity index (χ1v) is 10.1. The van der Waals surface area contributed by atoms with E-state index >= 15 is 0 Å². The number of hydrogen-bond acceptors (Lipinski definition) is 9. The maximum Gasteiger partial charge on any atom is 0.349 e. The highest BCUT2D eigenvalue weighted by Gasteiger charge is 2.32. The Morgan fingerprint density at radius 1 is 1.25 bits per heavy atom. The summed E-state index contributed by atoms with van der Waals surface area (Å²) >= 11 is 1.88. The molecule has 3 rings (SSSR count). The molecule has 2 aromatic heterocycles. The van der Waals surface area contributed by atoms with Gasteiger partial charge in [0.2, 0.25) is 0 Å². The van der Waals surface area contributed by atoms with Crippen LogP contribution in [0, 0.1) is 10.1 Å². The van der Waals surface area contributed by atoms with E-state index in [0.29, 0.717) is 27.8 Å². The summed E-state index contributed by atoms with van der Waals surface area (Å²) in [6.45, 7) is 1.34. The first kappa shape index (κ1) is 20.0. The van der Waals surface area contributed by atoms with Gasteiger partial charge < -0.3 is 14.8 Å². The van der Waals surface area contributed by atoms with Crippen molar-refractivity contribution in [2.75, 3.05) is 18.5 Å². The molecular weight excluding hydrogens is 408 g/mol. The number of nitrogens with zero attached hydrogens (tertiary/aromatic N) is 1. The molecule has 11 heteroatoms. The van der Waals surface area contributed by atoms with Crippen molar-refractivity contribution in [1.82, 2.24) is 0 Å². The molecule has 148 valence electrons. The first-order chi connectivity index (χ1) is 13.4. The lowest BCUT2D eigenvalue weighted by Crippen LogP contribution is -2.21. The minimum absolute atomic E-state index is 0.0267. The predicted octanol–water partition coefficient (Wildman–Crippen LogP) is 3.57. The van der Waals surface area contributed by atoms with Crippen LogP contribution in [-0.2, 0) is 14.3 Å². The normalized spacial score (nSPS) is 13.0. The SMILES string of the molecule is CCOC(=O)c1c(C2CC2)csc1NC(=O)COC(=O)c1ccc([N+](=O)[O-])s1. The number of nitrogens with one attached hydrogen (secondary N) is 1. The number of carbonyl (C=O) groups is 3. The molecule has 1 N–H and O–H groups in total. The Kier molecular flexibility index (Phi) is 6.05. The van der Waals surface area contributed by atoms with Gasteiger partial charge in [0.1, 0.15) is 9.88 Å². The Bertz CT molecular complexity index is 930. The molecule has 9 nitrogen and oxygen atoms in total. The fraction of sp³-hybridized carbons (Fsp3) is 0.353. The molecule has 0 atom stereocenters. The van der Waals surface area contributed by atoms with Crippen LogP contribution < -0.4 is 5.32 Å². The Labute approximate surface area is 167 Å². The molecule has 28 heavy (non-hydrogen) atoms. The summed E-state index contributed by atoms with van der Waals surface area (Å²) in [5.74, 6) is -1.64. The highest BCUT2D eigenvalue weighted by atomic mass is 32.1. The van der Waals surface area contributed by atoms with E-state index in [4.69, 9.17) is 9.47 Å². The molecule has 0 bridgehead atoms. The summed E-state index contributed by atoms with van der Waals surface area (Å²) < 4.78 is 9.98. The van der Waals surface area contributed by atoms with Crippen molar-refractivity contribution < 1.29 is 28.8 Å². The number of rotatable bonds is 8. The smallest absolute Gasteiger partial charge is 0.349 e. The Hall–Kier alpha value is -2.79. The van der Waals surface area contributed by atoms with E-state index in [1.165, 1.54) is 23.5 Å². The zero-order valence-electron chi connectivity index (χ0n) is 14.8. The average Bonchev–Trinajstić information content (AvgIpc) is 3.21. The molecule has 0 radical (unpaired) electrons. The highest BCUT2D eigenvalue weighted by Crippen LogP contribution is 2.46. The molecule has 0 aromatic carbocycles. The van der Waals surface area contributed by atoms with Crippen molar-refractivity contribution in [3.05, 3.63) is 43.6 Å². The minimum Gasteiger partial charge on any atom is -0.462 e. The van der Waals surface area contributed by atoms with Gasteiger partial charge in [-0.05, 0) is 42.7 Å². The summed E-state index contributed by atoms with van der Waals surface area (Å²) in [5, 5.41) is 15.2. The van der Waals surface area contributed by atoms with Crippen LogP contribution in [0.15, 0.2) is 17.5 Å². The second-order valence-corrected chi connectivity index (χ2v) is 7.85. The van der Waals surface area contributed by atoms with E-state index in [1.807, 2.05) is 5.38 Å². The molecule has 0 spiro atoms. The highest BCUT2D eigenvalue weighted by molar-refractivity contribution is 7.17. The molecule has 1 aliphatic carbocycles. The van der Waals surface area contributed by atoms with Gasteiger partial charge in [0.25, 0.3) is 5.91 Å². The van der Waals surface area contributed by atoms with E-state index in [0.717, 1.165) is 18.4 Å². The number of anilines is 1. The summed E-state index contributed by atoms with van der Waals surface area (Å²) in [4.78, 5) is 46.4. The van der Waals surface area contributed by atoms with Crippen LogP contribution in [0.4, 0.5) is 10.0 Å². The third-order valence-corrected chi connectivity index (χ3v) is 5.81. The van der Waals surface area contributed by atoms with Gasteiger partial charge in [-0.1, -0.05) is 11.3 Å². The average molecular weight is 424 g/mol. The number of thiophene rings is 2. The van der Waals surface area contributed by atoms with E-state index < -0.39 is 29.4 Å². The molecule has 0 saturated heterocycles. The second-order valence-electron chi connectivity index (χ2n) is 5.91. The van der Waals surface area contributed by atoms with Crippen molar-refractivity contribution in [2.24, 2.45) is 0 Å². The quantitative estimate of drug-likeness (QED) is 0.390. The van der Waals surface area contributed by atoms with Crippen LogP contribution in [0.3, 0.4) is 0 Å². The number of carbonyl (C=O) groups excluding carboxylic acids is 3. The molecule has 1 fully saturated rings. The molecule has 0 aliphatic heterocycles. The number of amides is 1. The standard InChI is InChI=1S/C17H16N2O7S2/c1-2-25-17(22)14-10(9-3-4-9)8-27-15(14)18-12(20)7-26-16(21)11-5-6-13(28-11)19(23)24/h5-6,8-9H,2-4,7H2,1H3,(H,18,20). The molecule has 2 aromatic rings. The van der Waals surface area contributed by atoms with Gasteiger partial charge in [-0.25, -0.2) is 9.59 Å². The van der Waals surface area contributed by atoms with E-state index in [9.17, 15) is 24.5 Å². The minimum atomic E-state index is -0.830. The lowest BCUT2D eigenvalue weighted by Gasteiger charge is -2.08. The van der Waals surface area contributed by atoms with Crippen molar-refractivity contribution in [1.29, 1.82) is 0 Å². The summed E-state index contributed by atoms with van der Waals surface area (Å²) in [6.07, 6.45) is 1.97. The topological polar surface area (TPSA) is 125 Å². The summed E-state index contributed by atoms with van der Waals surface area (Å²) in [7, 11) is 0. The van der Waals surface area contributed by atoms with E-state index in [2.05, 4.69) is 5.32 Å². The van der Waals surface area contributed by atoms with Crippen molar-refractivity contribution in [3.63, 3.8) is 0 Å². The van der Waals surface area contributed by atoms with Crippen LogP contribution >= 0.6 is 22.7 Å². The molecule has 1 saturated carbocycles. The Morgan fingerprint density at radius 3 is 2.61 bits per heavy atom. The third-order valence-electron chi connectivity index (χ3n) is 3.88. The van der Waals surface area contributed by atoms with Crippen LogP contribution in [0.2, 0.25) is 0 Å². The molecule has 1 amide bonds. The fourth-order valence-corrected chi connectivity index (χ4v) is 4.23. The maximum absolute atomic E-state index is 12.3. The Morgan fingerprint density at radius 2 is 2.00 bits per heavy atom. The monoisotopic (exact) mass is 424 g/mol. The van der Waals surface area contributed by atoms with Crippen LogP contribution in [-0.4, -0.2) is 36.0 Å². The van der Waals surface area contributed by atoms with Gasteiger partial charge in [-0.2, -0.15) is 0 Å². The molecule has 2 heterocycles. The number of nitro groups is 1. The zero-order valence-corrected chi connectivity index (χ0v) is 16.4. The second kappa shape index (κ2) is 8.48.